The van der Waals surface area contributed by atoms with Gasteiger partial charge in [0.15, 0.2) is 0 Å². The summed E-state index contributed by atoms with van der Waals surface area (Å²) in [5.41, 5.74) is 8.40. The zero-order valence-corrected chi connectivity index (χ0v) is 7.72. The quantitative estimate of drug-likeness (QED) is 0.717. The Bertz CT molecular complexity index is 284. The Balaban J connectivity index is 3.19. The van der Waals surface area contributed by atoms with Crippen LogP contribution in [0.5, 0.6) is 5.75 Å². The number of nitrogens with zero attached hydrogens (tertiary/aromatic N) is 1. The average molecular weight is 166 g/mol. The summed E-state index contributed by atoms with van der Waals surface area (Å²) >= 11 is 0. The van der Waals surface area contributed by atoms with Crippen molar-refractivity contribution in [3.63, 3.8) is 0 Å². The largest absolute Gasteiger partial charge is 0.496 e. The fourth-order valence-corrected chi connectivity index (χ4v) is 1.09. The minimum Gasteiger partial charge on any atom is -0.496 e. The first kappa shape index (κ1) is 9.00. The molecule has 0 fully saturated rings. The van der Waals surface area contributed by atoms with Crippen LogP contribution in [-0.4, -0.2) is 12.1 Å². The monoisotopic (exact) mass is 166 g/mol. The first-order chi connectivity index (χ1) is 5.69. The summed E-state index contributed by atoms with van der Waals surface area (Å²) in [4.78, 5) is 4.29. The van der Waals surface area contributed by atoms with Crippen molar-refractivity contribution < 1.29 is 4.74 Å². The Morgan fingerprint density at radius 3 is 2.67 bits per heavy atom. The Kier molecular flexibility index (Phi) is 2.65. The summed E-state index contributed by atoms with van der Waals surface area (Å²) < 4.78 is 5.17. The molecule has 0 saturated carbocycles. The number of aryl methyl sites for hydroxylation is 1. The molecule has 0 bridgehead atoms. The van der Waals surface area contributed by atoms with Crippen molar-refractivity contribution in [1.29, 1.82) is 0 Å². The Morgan fingerprint density at radius 1 is 1.50 bits per heavy atom. The normalized spacial score (nSPS) is 10.0. The highest BCUT2D eigenvalue weighted by Gasteiger charge is 2.04. The SMILES string of the molecule is COc1cc(CN)nc(C)c1C. The van der Waals surface area contributed by atoms with Crippen molar-refractivity contribution in [3.05, 3.63) is 23.0 Å². The number of ether oxygens (including phenoxy) is 1. The Morgan fingerprint density at radius 2 is 2.17 bits per heavy atom. The number of rotatable bonds is 2. The summed E-state index contributed by atoms with van der Waals surface area (Å²) in [5, 5.41) is 0. The molecule has 0 amide bonds. The summed E-state index contributed by atoms with van der Waals surface area (Å²) in [5.74, 6) is 0.864. The second-order valence-electron chi connectivity index (χ2n) is 2.73. The maximum atomic E-state index is 5.47. The minimum absolute atomic E-state index is 0.456. The number of methoxy groups -OCH3 is 1. The molecule has 1 aromatic heterocycles. The van der Waals surface area contributed by atoms with Gasteiger partial charge in [0.25, 0.3) is 0 Å². The van der Waals surface area contributed by atoms with E-state index in [0.29, 0.717) is 6.54 Å². The summed E-state index contributed by atoms with van der Waals surface area (Å²) in [7, 11) is 1.65. The topological polar surface area (TPSA) is 48.1 Å². The Labute approximate surface area is 72.6 Å². The molecule has 0 spiro atoms. The molecular weight excluding hydrogens is 152 g/mol. The van der Waals surface area contributed by atoms with Crippen LogP contribution in [0.25, 0.3) is 0 Å². The third-order valence-electron chi connectivity index (χ3n) is 1.95. The molecule has 2 N–H and O–H groups in total. The van der Waals surface area contributed by atoms with Crippen molar-refractivity contribution in [3.8, 4) is 5.75 Å². The van der Waals surface area contributed by atoms with Crippen LogP contribution in [0.4, 0.5) is 0 Å². The predicted octanol–water partition coefficient (Wildman–Crippen LogP) is 1.17. The van der Waals surface area contributed by atoms with Gasteiger partial charge in [-0.1, -0.05) is 0 Å². The van der Waals surface area contributed by atoms with Crippen LogP contribution in [0.15, 0.2) is 6.07 Å². The molecule has 12 heavy (non-hydrogen) atoms. The molecule has 0 aliphatic carbocycles. The van der Waals surface area contributed by atoms with Gasteiger partial charge in [-0.3, -0.25) is 4.98 Å². The predicted molar refractivity (Wildman–Crippen MR) is 48.2 cm³/mol. The molecule has 0 atom stereocenters. The van der Waals surface area contributed by atoms with E-state index in [1.807, 2.05) is 19.9 Å². The molecule has 0 unspecified atom stereocenters. The van der Waals surface area contributed by atoms with E-state index in [1.165, 1.54) is 0 Å². The van der Waals surface area contributed by atoms with Crippen LogP contribution in [0, 0.1) is 13.8 Å². The van der Waals surface area contributed by atoms with Gasteiger partial charge in [0.1, 0.15) is 5.75 Å². The van der Waals surface area contributed by atoms with Crippen LogP contribution in [0.1, 0.15) is 17.0 Å². The highest BCUT2D eigenvalue weighted by molar-refractivity contribution is 5.36. The summed E-state index contributed by atoms with van der Waals surface area (Å²) in [6, 6.07) is 1.88. The molecule has 0 radical (unpaired) electrons. The highest BCUT2D eigenvalue weighted by atomic mass is 16.5. The molecule has 3 heteroatoms. The van der Waals surface area contributed by atoms with Crippen LogP contribution < -0.4 is 10.5 Å². The van der Waals surface area contributed by atoms with Gasteiger partial charge in [-0.2, -0.15) is 0 Å². The number of hydrogen-bond acceptors (Lipinski definition) is 3. The van der Waals surface area contributed by atoms with Gasteiger partial charge in [0.05, 0.1) is 12.8 Å². The summed E-state index contributed by atoms with van der Waals surface area (Å²) in [6.07, 6.45) is 0. The lowest BCUT2D eigenvalue weighted by atomic mass is 10.2. The van der Waals surface area contributed by atoms with E-state index in [-0.39, 0.29) is 0 Å². The van der Waals surface area contributed by atoms with Crippen molar-refractivity contribution in [2.75, 3.05) is 7.11 Å². The number of pyridine rings is 1. The van der Waals surface area contributed by atoms with Gasteiger partial charge in [0, 0.05) is 23.9 Å². The van der Waals surface area contributed by atoms with Gasteiger partial charge in [0.2, 0.25) is 0 Å². The lowest BCUT2D eigenvalue weighted by molar-refractivity contribution is 0.409. The molecule has 3 nitrogen and oxygen atoms in total. The maximum absolute atomic E-state index is 5.47. The zero-order chi connectivity index (χ0) is 9.14. The van der Waals surface area contributed by atoms with E-state index >= 15 is 0 Å². The smallest absolute Gasteiger partial charge is 0.125 e. The molecule has 66 valence electrons. The zero-order valence-electron chi connectivity index (χ0n) is 7.72. The minimum atomic E-state index is 0.456. The first-order valence-corrected chi connectivity index (χ1v) is 3.90. The third-order valence-corrected chi connectivity index (χ3v) is 1.95. The van der Waals surface area contributed by atoms with Crippen LogP contribution >= 0.6 is 0 Å². The fourth-order valence-electron chi connectivity index (χ4n) is 1.09. The molecule has 0 aliphatic rings. The Hall–Kier alpha value is -1.09. The van der Waals surface area contributed by atoms with Gasteiger partial charge < -0.3 is 10.5 Å². The number of nitrogens with two attached hydrogens (primary N) is 1. The van der Waals surface area contributed by atoms with E-state index < -0.39 is 0 Å². The lowest BCUT2D eigenvalue weighted by Crippen LogP contribution is -2.03. The molecule has 1 rings (SSSR count). The first-order valence-electron chi connectivity index (χ1n) is 3.90. The standard InChI is InChI=1S/C9H14N2O/c1-6-7(2)11-8(5-10)4-9(6)12-3/h4H,5,10H2,1-3H3. The van der Waals surface area contributed by atoms with Gasteiger partial charge in [-0.25, -0.2) is 0 Å². The second kappa shape index (κ2) is 3.54. The number of aromatic nitrogens is 1. The van der Waals surface area contributed by atoms with E-state index in [4.69, 9.17) is 10.5 Å². The molecular formula is C9H14N2O. The van der Waals surface area contributed by atoms with Gasteiger partial charge >= 0.3 is 0 Å². The highest BCUT2D eigenvalue weighted by Crippen LogP contribution is 2.20. The average Bonchev–Trinajstić information content (AvgIpc) is 2.09. The van der Waals surface area contributed by atoms with Gasteiger partial charge in [-0.15, -0.1) is 0 Å². The molecule has 1 aromatic rings. The van der Waals surface area contributed by atoms with Crippen molar-refractivity contribution in [2.45, 2.75) is 20.4 Å². The van der Waals surface area contributed by atoms with E-state index in [9.17, 15) is 0 Å². The van der Waals surface area contributed by atoms with Crippen LogP contribution in [0.3, 0.4) is 0 Å². The van der Waals surface area contributed by atoms with E-state index in [1.54, 1.807) is 7.11 Å². The van der Waals surface area contributed by atoms with Crippen LogP contribution in [0.2, 0.25) is 0 Å². The number of hydrogen-bond donors (Lipinski definition) is 1. The van der Waals surface area contributed by atoms with E-state index in [2.05, 4.69) is 4.98 Å². The van der Waals surface area contributed by atoms with E-state index in [0.717, 1.165) is 22.7 Å². The van der Waals surface area contributed by atoms with Gasteiger partial charge in [-0.05, 0) is 13.8 Å². The molecule has 0 aromatic carbocycles. The molecule has 0 saturated heterocycles. The van der Waals surface area contributed by atoms with Crippen molar-refractivity contribution in [1.82, 2.24) is 4.98 Å². The van der Waals surface area contributed by atoms with Crippen LogP contribution in [-0.2, 0) is 6.54 Å². The second-order valence-corrected chi connectivity index (χ2v) is 2.73. The van der Waals surface area contributed by atoms with Crippen molar-refractivity contribution in [2.24, 2.45) is 5.73 Å². The maximum Gasteiger partial charge on any atom is 0.125 e. The fraction of sp³-hybridized carbons (Fsp3) is 0.444. The molecule has 0 aliphatic heterocycles. The van der Waals surface area contributed by atoms with Crippen molar-refractivity contribution >= 4 is 0 Å². The molecule has 1 heterocycles. The third kappa shape index (κ3) is 1.56. The lowest BCUT2D eigenvalue weighted by Gasteiger charge is -2.08. The summed E-state index contributed by atoms with van der Waals surface area (Å²) in [6.45, 7) is 4.40.